The molecule has 0 spiro atoms. The van der Waals surface area contributed by atoms with E-state index in [1.54, 1.807) is 29.3 Å². The van der Waals surface area contributed by atoms with Crippen molar-refractivity contribution in [1.29, 1.82) is 0 Å². The van der Waals surface area contributed by atoms with Crippen molar-refractivity contribution in [3.63, 3.8) is 0 Å². The maximum atomic E-state index is 6.20. The number of para-hydroxylation sites is 1. The number of thioether (sulfide) groups is 1. The second-order valence-electron chi connectivity index (χ2n) is 6.25. The molecule has 0 fully saturated rings. The first-order chi connectivity index (χ1) is 14.7. The van der Waals surface area contributed by atoms with Gasteiger partial charge < -0.3 is 13.6 Å². The van der Waals surface area contributed by atoms with E-state index in [1.807, 2.05) is 44.2 Å². The third-order valence-electron chi connectivity index (χ3n) is 4.13. The maximum absolute atomic E-state index is 6.20. The number of rotatable bonds is 8. The van der Waals surface area contributed by atoms with Gasteiger partial charge in [0.2, 0.25) is 11.0 Å². The highest BCUT2D eigenvalue weighted by atomic mass is 35.5. The molecule has 9 heteroatoms. The van der Waals surface area contributed by atoms with Gasteiger partial charge in [0.1, 0.15) is 23.9 Å². The van der Waals surface area contributed by atoms with Crippen LogP contribution in [0.2, 0.25) is 5.02 Å². The Labute approximate surface area is 182 Å². The summed E-state index contributed by atoms with van der Waals surface area (Å²) >= 11 is 7.74. The van der Waals surface area contributed by atoms with Gasteiger partial charge in [-0.15, -0.1) is 10.2 Å². The number of furan rings is 2. The Kier molecular flexibility index (Phi) is 6.25. The van der Waals surface area contributed by atoms with E-state index in [0.717, 1.165) is 11.3 Å². The zero-order chi connectivity index (χ0) is 20.9. The lowest BCUT2D eigenvalue weighted by atomic mass is 10.2. The largest absolute Gasteiger partial charge is 0.484 e. The molecule has 0 radical (unpaired) electrons. The lowest BCUT2D eigenvalue weighted by molar-refractivity contribution is 0.268. The van der Waals surface area contributed by atoms with Crippen molar-refractivity contribution in [1.82, 2.24) is 14.9 Å². The van der Waals surface area contributed by atoms with Gasteiger partial charge in [0.05, 0.1) is 17.5 Å². The Morgan fingerprint density at radius 3 is 2.87 bits per heavy atom. The molecule has 0 saturated carbocycles. The summed E-state index contributed by atoms with van der Waals surface area (Å²) in [4.78, 5) is 0. The van der Waals surface area contributed by atoms with Crippen LogP contribution in [0, 0.1) is 6.92 Å². The first-order valence-electron chi connectivity index (χ1n) is 9.28. The van der Waals surface area contributed by atoms with Crippen LogP contribution < -0.4 is 4.74 Å². The van der Waals surface area contributed by atoms with Crippen LogP contribution in [-0.4, -0.2) is 26.8 Å². The molecule has 0 N–H and O–H groups in total. The van der Waals surface area contributed by atoms with Gasteiger partial charge in [-0.2, -0.15) is 9.78 Å². The number of benzene rings is 1. The molecule has 4 rings (SSSR count). The minimum Gasteiger partial charge on any atom is -0.484 e. The number of ether oxygens (including phenoxy) is 1. The predicted molar refractivity (Wildman–Crippen MR) is 116 cm³/mol. The van der Waals surface area contributed by atoms with Crippen LogP contribution in [0.3, 0.4) is 0 Å². The van der Waals surface area contributed by atoms with Crippen molar-refractivity contribution in [3.05, 3.63) is 70.8 Å². The molecule has 0 aliphatic rings. The fraction of sp³-hybridized carbons (Fsp3) is 0.190. The number of aromatic nitrogens is 3. The van der Waals surface area contributed by atoms with Gasteiger partial charge in [-0.25, -0.2) is 0 Å². The van der Waals surface area contributed by atoms with Crippen LogP contribution in [0.4, 0.5) is 0 Å². The quantitative estimate of drug-likeness (QED) is 0.258. The van der Waals surface area contributed by atoms with Crippen molar-refractivity contribution < 1.29 is 13.6 Å². The van der Waals surface area contributed by atoms with Crippen molar-refractivity contribution >= 4 is 29.6 Å². The molecular formula is C21H19ClN4O3S. The lowest BCUT2D eigenvalue weighted by Gasteiger charge is -2.09. The molecule has 154 valence electrons. The summed E-state index contributed by atoms with van der Waals surface area (Å²) in [7, 11) is 0. The van der Waals surface area contributed by atoms with Crippen molar-refractivity contribution in [3.8, 4) is 17.3 Å². The molecule has 0 aliphatic heterocycles. The molecule has 0 amide bonds. The summed E-state index contributed by atoms with van der Waals surface area (Å²) in [5, 5.41) is 14.1. The molecule has 4 aromatic rings. The van der Waals surface area contributed by atoms with Gasteiger partial charge in [0.25, 0.3) is 0 Å². The standard InChI is InChI=1S/C21H19ClN4O3S/c1-3-30-21-25-24-20(18-8-5-11-27-18)26(21)23-12-15-9-10-16(29-15)13-28-19-14(2)6-4-7-17(19)22/h4-12H,3,13H2,1-2H3/b23-12+. The molecule has 30 heavy (non-hydrogen) atoms. The van der Waals surface area contributed by atoms with E-state index in [0.29, 0.717) is 39.0 Å². The van der Waals surface area contributed by atoms with Crippen LogP contribution >= 0.6 is 23.4 Å². The van der Waals surface area contributed by atoms with Crippen LogP contribution in [0.5, 0.6) is 5.75 Å². The van der Waals surface area contributed by atoms with Gasteiger partial charge >= 0.3 is 0 Å². The van der Waals surface area contributed by atoms with E-state index in [4.69, 9.17) is 25.2 Å². The summed E-state index contributed by atoms with van der Waals surface area (Å²) in [6.45, 7) is 4.25. The van der Waals surface area contributed by atoms with Gasteiger partial charge in [-0.3, -0.25) is 0 Å². The van der Waals surface area contributed by atoms with Crippen LogP contribution in [0.25, 0.3) is 11.6 Å². The van der Waals surface area contributed by atoms with Crippen molar-refractivity contribution in [2.24, 2.45) is 5.10 Å². The van der Waals surface area contributed by atoms with E-state index in [2.05, 4.69) is 15.3 Å². The van der Waals surface area contributed by atoms with Crippen molar-refractivity contribution in [2.45, 2.75) is 25.6 Å². The molecular weight excluding hydrogens is 424 g/mol. The zero-order valence-corrected chi connectivity index (χ0v) is 18.0. The van der Waals surface area contributed by atoms with Gasteiger partial charge in [0.15, 0.2) is 5.76 Å². The van der Waals surface area contributed by atoms with Gasteiger partial charge in [0, 0.05) is 0 Å². The van der Waals surface area contributed by atoms with Crippen molar-refractivity contribution in [2.75, 3.05) is 5.75 Å². The number of halogens is 1. The third kappa shape index (κ3) is 4.44. The fourth-order valence-corrected chi connectivity index (χ4v) is 3.64. The highest BCUT2D eigenvalue weighted by Crippen LogP contribution is 2.29. The molecule has 0 atom stereocenters. The highest BCUT2D eigenvalue weighted by molar-refractivity contribution is 7.99. The van der Waals surface area contributed by atoms with E-state index < -0.39 is 0 Å². The molecule has 3 heterocycles. The van der Waals surface area contributed by atoms with E-state index in [-0.39, 0.29) is 6.61 Å². The first-order valence-corrected chi connectivity index (χ1v) is 10.6. The minimum atomic E-state index is 0.264. The van der Waals surface area contributed by atoms with Crippen LogP contribution in [0.15, 0.2) is 67.8 Å². The average molecular weight is 443 g/mol. The monoisotopic (exact) mass is 442 g/mol. The van der Waals surface area contributed by atoms with Crippen LogP contribution in [-0.2, 0) is 6.61 Å². The molecule has 3 aromatic heterocycles. The Morgan fingerprint density at radius 1 is 1.20 bits per heavy atom. The highest BCUT2D eigenvalue weighted by Gasteiger charge is 2.15. The summed E-state index contributed by atoms with van der Waals surface area (Å²) < 4.78 is 18.7. The van der Waals surface area contributed by atoms with E-state index in [9.17, 15) is 0 Å². The smallest absolute Gasteiger partial charge is 0.221 e. The molecule has 1 aromatic carbocycles. The summed E-state index contributed by atoms with van der Waals surface area (Å²) in [5.41, 5.74) is 0.967. The Balaban J connectivity index is 1.51. The molecule has 0 bridgehead atoms. The maximum Gasteiger partial charge on any atom is 0.221 e. The Hall–Kier alpha value is -2.97. The molecule has 0 unspecified atom stereocenters. The second kappa shape index (κ2) is 9.23. The normalized spacial score (nSPS) is 11.4. The summed E-state index contributed by atoms with van der Waals surface area (Å²) in [5.74, 6) is 3.85. The molecule has 0 saturated heterocycles. The van der Waals surface area contributed by atoms with E-state index >= 15 is 0 Å². The van der Waals surface area contributed by atoms with E-state index in [1.165, 1.54) is 11.8 Å². The molecule has 0 aliphatic carbocycles. The molecule has 7 nitrogen and oxygen atoms in total. The van der Waals surface area contributed by atoms with Gasteiger partial charge in [-0.05, 0) is 48.6 Å². The number of hydrogen-bond acceptors (Lipinski definition) is 7. The lowest BCUT2D eigenvalue weighted by Crippen LogP contribution is -1.97. The predicted octanol–water partition coefficient (Wildman–Crippen LogP) is 5.67. The average Bonchev–Trinajstić information content (AvgIpc) is 3.47. The third-order valence-corrected chi connectivity index (χ3v) is 5.23. The minimum absolute atomic E-state index is 0.264. The summed E-state index contributed by atoms with van der Waals surface area (Å²) in [6, 6.07) is 12.9. The summed E-state index contributed by atoms with van der Waals surface area (Å²) in [6.07, 6.45) is 3.20. The Bertz CT molecular complexity index is 1130. The topological polar surface area (TPSA) is 78.6 Å². The first kappa shape index (κ1) is 20.3. The Morgan fingerprint density at radius 2 is 2.10 bits per heavy atom. The number of hydrogen-bond donors (Lipinski definition) is 0. The van der Waals surface area contributed by atoms with Gasteiger partial charge in [-0.1, -0.05) is 42.4 Å². The van der Waals surface area contributed by atoms with Crippen LogP contribution in [0.1, 0.15) is 24.0 Å². The number of nitrogens with zero attached hydrogens (tertiary/aromatic N) is 4. The number of aryl methyl sites for hydroxylation is 1. The zero-order valence-electron chi connectivity index (χ0n) is 16.4. The second-order valence-corrected chi connectivity index (χ2v) is 7.89. The SMILES string of the molecule is CCSc1nnc(-c2ccco2)n1/N=C/c1ccc(COc2c(C)cccc2Cl)o1. The fourth-order valence-electron chi connectivity index (χ4n) is 2.75.